The number of likely N-dealkylation sites (N-methyl/N-ethyl adjacent to an activating group) is 1. The first-order valence-corrected chi connectivity index (χ1v) is 8.30. The van der Waals surface area contributed by atoms with E-state index in [0.29, 0.717) is 30.0 Å². The molecule has 3 atom stereocenters. The first kappa shape index (κ1) is 16.2. The molecule has 23 heavy (non-hydrogen) atoms. The maximum absolute atomic E-state index is 12.8. The second-order valence-corrected chi connectivity index (χ2v) is 8.00. The molecule has 3 unspecified atom stereocenters. The van der Waals surface area contributed by atoms with Crippen molar-refractivity contribution in [3.8, 4) is 0 Å². The summed E-state index contributed by atoms with van der Waals surface area (Å²) in [4.78, 5) is 26.9. The second-order valence-electron chi connectivity index (χ2n) is 8.00. The summed E-state index contributed by atoms with van der Waals surface area (Å²) in [6, 6.07) is 7.24. The molecule has 1 saturated carbocycles. The Morgan fingerprint density at radius 1 is 1.22 bits per heavy atom. The number of ketones is 1. The van der Waals surface area contributed by atoms with Crippen molar-refractivity contribution in [1.29, 1.82) is 0 Å². The molecule has 0 radical (unpaired) electrons. The van der Waals surface area contributed by atoms with E-state index in [-0.39, 0.29) is 17.1 Å². The van der Waals surface area contributed by atoms with Gasteiger partial charge in [0.2, 0.25) is 0 Å². The summed E-state index contributed by atoms with van der Waals surface area (Å²) in [6.07, 6.45) is 1.83. The van der Waals surface area contributed by atoms with Crippen LogP contribution < -0.4 is 4.90 Å². The normalized spacial score (nSPS) is 31.4. The number of fused-ring (bicyclic) bond motifs is 1. The lowest BCUT2D eigenvalue weighted by atomic mass is 9.63. The van der Waals surface area contributed by atoms with Gasteiger partial charge in [-0.2, -0.15) is 0 Å². The van der Waals surface area contributed by atoms with Crippen molar-refractivity contribution in [3.05, 3.63) is 29.8 Å². The maximum atomic E-state index is 12.8. The highest BCUT2D eigenvalue weighted by molar-refractivity contribution is 6.09. The molecule has 1 aliphatic heterocycles. The summed E-state index contributed by atoms with van der Waals surface area (Å²) in [5, 5.41) is 11.3. The molecule has 0 bridgehead atoms. The van der Waals surface area contributed by atoms with E-state index in [2.05, 4.69) is 20.8 Å². The van der Waals surface area contributed by atoms with Gasteiger partial charge in [-0.1, -0.05) is 39.0 Å². The van der Waals surface area contributed by atoms with Crippen LogP contribution in [0.15, 0.2) is 24.3 Å². The lowest BCUT2D eigenvalue weighted by Gasteiger charge is -2.41. The molecule has 1 fully saturated rings. The number of hydrogen-bond donors (Lipinski definition) is 1. The van der Waals surface area contributed by atoms with Crippen LogP contribution in [0, 0.1) is 17.3 Å². The van der Waals surface area contributed by atoms with Crippen LogP contribution in [0.2, 0.25) is 0 Å². The van der Waals surface area contributed by atoms with Crippen LogP contribution in [0.5, 0.6) is 0 Å². The predicted octanol–water partition coefficient (Wildman–Crippen LogP) is 2.88. The molecule has 0 saturated heterocycles. The van der Waals surface area contributed by atoms with Gasteiger partial charge in [0.25, 0.3) is 5.91 Å². The van der Waals surface area contributed by atoms with Crippen molar-refractivity contribution in [1.82, 2.24) is 0 Å². The zero-order valence-electron chi connectivity index (χ0n) is 14.3. The van der Waals surface area contributed by atoms with Crippen LogP contribution in [0.4, 0.5) is 5.69 Å². The van der Waals surface area contributed by atoms with Crippen LogP contribution in [0.25, 0.3) is 0 Å². The van der Waals surface area contributed by atoms with Crippen molar-refractivity contribution in [2.75, 3.05) is 11.9 Å². The number of hydrogen-bond acceptors (Lipinski definition) is 3. The molecule has 4 nitrogen and oxygen atoms in total. The van der Waals surface area contributed by atoms with Crippen molar-refractivity contribution >= 4 is 17.4 Å². The van der Waals surface area contributed by atoms with Crippen molar-refractivity contribution in [2.24, 2.45) is 17.3 Å². The van der Waals surface area contributed by atoms with Crippen LogP contribution in [-0.4, -0.2) is 23.8 Å². The number of carbonyl (C=O) groups excluding carboxylic acids is 2. The molecule has 1 N–H and O–H groups in total. The van der Waals surface area contributed by atoms with Crippen LogP contribution >= 0.6 is 0 Å². The van der Waals surface area contributed by atoms with Gasteiger partial charge in [0.05, 0.1) is 11.6 Å². The third-order valence-electron chi connectivity index (χ3n) is 5.68. The van der Waals surface area contributed by atoms with Crippen LogP contribution in [0.3, 0.4) is 0 Å². The molecule has 3 rings (SSSR count). The summed E-state index contributed by atoms with van der Waals surface area (Å²) in [5.74, 6) is -0.711. The average molecular weight is 315 g/mol. The summed E-state index contributed by atoms with van der Waals surface area (Å²) in [7, 11) is 1.66. The zero-order valence-corrected chi connectivity index (χ0v) is 14.3. The van der Waals surface area contributed by atoms with E-state index in [4.69, 9.17) is 0 Å². The lowest BCUT2D eigenvalue weighted by molar-refractivity contribution is -0.154. The molecule has 1 aromatic rings. The number of para-hydroxylation sites is 1. The van der Waals surface area contributed by atoms with Gasteiger partial charge in [-0.25, -0.2) is 0 Å². The van der Waals surface area contributed by atoms with Gasteiger partial charge in [0.15, 0.2) is 5.60 Å². The first-order valence-electron chi connectivity index (χ1n) is 8.30. The minimum Gasteiger partial charge on any atom is -0.375 e. The Morgan fingerprint density at radius 3 is 2.52 bits per heavy atom. The Hall–Kier alpha value is -1.68. The van der Waals surface area contributed by atoms with Gasteiger partial charge >= 0.3 is 0 Å². The number of carbonyl (C=O) groups is 2. The highest BCUT2D eigenvalue weighted by Gasteiger charge is 2.57. The van der Waals surface area contributed by atoms with Crippen LogP contribution in [0.1, 0.15) is 45.6 Å². The Bertz CT molecular complexity index is 661. The molecule has 1 amide bonds. The van der Waals surface area contributed by atoms with Crippen molar-refractivity contribution in [2.45, 2.75) is 45.6 Å². The fourth-order valence-corrected chi connectivity index (χ4v) is 4.12. The molecule has 4 heteroatoms. The van der Waals surface area contributed by atoms with Crippen molar-refractivity contribution < 1.29 is 14.7 Å². The third kappa shape index (κ3) is 2.31. The molecule has 1 aromatic carbocycles. The highest BCUT2D eigenvalue weighted by atomic mass is 16.3. The summed E-state index contributed by atoms with van der Waals surface area (Å²) in [5.41, 5.74) is -0.388. The Labute approximate surface area is 137 Å². The SMILES string of the molecule is CN1C(=O)C(O)(C2CC(C(C)(C)C)CCC2=O)c2ccccc21. The van der Waals surface area contributed by atoms with Crippen LogP contribution in [-0.2, 0) is 15.2 Å². The Balaban J connectivity index is 2.05. The maximum Gasteiger partial charge on any atom is 0.264 e. The van der Waals surface area contributed by atoms with E-state index in [1.165, 1.54) is 4.90 Å². The summed E-state index contributed by atoms with van der Waals surface area (Å²) < 4.78 is 0. The van der Waals surface area contributed by atoms with Crippen molar-refractivity contribution in [3.63, 3.8) is 0 Å². The van der Waals surface area contributed by atoms with E-state index in [0.717, 1.165) is 6.42 Å². The van der Waals surface area contributed by atoms with E-state index in [1.807, 2.05) is 18.2 Å². The topological polar surface area (TPSA) is 57.6 Å². The standard InChI is InChI=1S/C19H25NO3/c1-18(2,3)12-9-10-16(21)14(11-12)19(23)13-7-5-6-8-15(13)20(4)17(19)22/h5-8,12,14,23H,9-11H2,1-4H3. The van der Waals surface area contributed by atoms with E-state index >= 15 is 0 Å². The van der Waals surface area contributed by atoms with Gasteiger partial charge in [0.1, 0.15) is 5.78 Å². The molecular formula is C19H25NO3. The summed E-state index contributed by atoms with van der Waals surface area (Å²) >= 11 is 0. The summed E-state index contributed by atoms with van der Waals surface area (Å²) in [6.45, 7) is 6.47. The predicted molar refractivity (Wildman–Crippen MR) is 89.0 cm³/mol. The molecular weight excluding hydrogens is 290 g/mol. The largest absolute Gasteiger partial charge is 0.375 e. The highest BCUT2D eigenvalue weighted by Crippen LogP contribution is 2.50. The fraction of sp³-hybridized carbons (Fsp3) is 0.579. The fourth-order valence-electron chi connectivity index (χ4n) is 4.12. The van der Waals surface area contributed by atoms with Gasteiger partial charge in [-0.05, 0) is 30.2 Å². The van der Waals surface area contributed by atoms with E-state index in [9.17, 15) is 14.7 Å². The first-order chi connectivity index (χ1) is 10.7. The van der Waals surface area contributed by atoms with E-state index < -0.39 is 11.5 Å². The third-order valence-corrected chi connectivity index (χ3v) is 5.68. The quantitative estimate of drug-likeness (QED) is 0.867. The molecule has 124 valence electrons. The number of Topliss-reactive ketones (excluding diaryl/α,β-unsaturated/α-hetero) is 1. The van der Waals surface area contributed by atoms with Gasteiger partial charge in [-0.3, -0.25) is 9.59 Å². The number of nitrogens with zero attached hydrogens (tertiary/aromatic N) is 1. The number of amides is 1. The van der Waals surface area contributed by atoms with E-state index in [1.54, 1.807) is 13.1 Å². The number of benzene rings is 1. The average Bonchev–Trinajstić information content (AvgIpc) is 2.70. The lowest BCUT2D eigenvalue weighted by Crippen LogP contribution is -2.50. The molecule has 0 aromatic heterocycles. The number of aliphatic hydroxyl groups is 1. The zero-order chi connectivity index (χ0) is 17.0. The second kappa shape index (κ2) is 5.17. The minimum atomic E-state index is -1.72. The molecule has 1 heterocycles. The number of rotatable bonds is 1. The van der Waals surface area contributed by atoms with Gasteiger partial charge < -0.3 is 10.0 Å². The number of anilines is 1. The monoisotopic (exact) mass is 315 g/mol. The Morgan fingerprint density at radius 2 is 1.87 bits per heavy atom. The molecule has 2 aliphatic rings. The molecule has 0 spiro atoms. The smallest absolute Gasteiger partial charge is 0.264 e. The minimum absolute atomic E-state index is 0.00598. The van der Waals surface area contributed by atoms with Gasteiger partial charge in [-0.15, -0.1) is 0 Å². The van der Waals surface area contributed by atoms with Gasteiger partial charge in [0, 0.05) is 19.0 Å². The molecule has 1 aliphatic carbocycles. The Kier molecular flexibility index (Phi) is 3.64.